The zero-order chi connectivity index (χ0) is 19.1. The molecule has 2 heterocycles. The molecule has 2 fully saturated rings. The third kappa shape index (κ3) is 3.89. The largest absolute Gasteiger partial charge is 0.444 e. The summed E-state index contributed by atoms with van der Waals surface area (Å²) in [6, 6.07) is 9.23. The second-order valence-corrected chi connectivity index (χ2v) is 9.12. The van der Waals surface area contributed by atoms with E-state index >= 15 is 0 Å². The van der Waals surface area contributed by atoms with Crippen LogP contribution in [-0.2, 0) is 4.74 Å². The van der Waals surface area contributed by atoms with Crippen LogP contribution in [0.15, 0.2) is 24.3 Å². The maximum atomic E-state index is 12.1. The minimum Gasteiger partial charge on any atom is -0.444 e. The smallest absolute Gasteiger partial charge is 0.410 e. The van der Waals surface area contributed by atoms with Gasteiger partial charge in [-0.25, -0.2) is 4.79 Å². The molecule has 26 heavy (non-hydrogen) atoms. The highest BCUT2D eigenvalue weighted by molar-refractivity contribution is 5.69. The van der Waals surface area contributed by atoms with Gasteiger partial charge in [-0.1, -0.05) is 31.2 Å². The predicted molar refractivity (Wildman–Crippen MR) is 104 cm³/mol. The number of amides is 1. The van der Waals surface area contributed by atoms with E-state index in [-0.39, 0.29) is 17.6 Å². The quantitative estimate of drug-likeness (QED) is 0.890. The number of benzene rings is 1. The molecule has 1 aromatic carbocycles. The Bertz CT molecular complexity index is 634. The van der Waals surface area contributed by atoms with Crippen LogP contribution in [0.25, 0.3) is 0 Å². The van der Waals surface area contributed by atoms with Crippen molar-refractivity contribution in [1.82, 2.24) is 9.80 Å². The third-order valence-corrected chi connectivity index (χ3v) is 5.46. The molecule has 5 nitrogen and oxygen atoms in total. The lowest BCUT2D eigenvalue weighted by atomic mass is 9.71. The van der Waals surface area contributed by atoms with Crippen LogP contribution in [0.2, 0.25) is 0 Å². The van der Waals surface area contributed by atoms with Gasteiger partial charge < -0.3 is 15.4 Å². The summed E-state index contributed by atoms with van der Waals surface area (Å²) in [5.41, 5.74) is 8.34. The summed E-state index contributed by atoms with van der Waals surface area (Å²) in [7, 11) is 0. The minimum atomic E-state index is -0.425. The number of carbonyl (C=O) groups is 1. The second-order valence-electron chi connectivity index (χ2n) is 9.12. The Morgan fingerprint density at radius 3 is 2.15 bits per heavy atom. The lowest BCUT2D eigenvalue weighted by molar-refractivity contribution is -0.127. The zero-order valence-electron chi connectivity index (χ0n) is 16.8. The molecule has 1 spiro atoms. The molecule has 0 radical (unpaired) electrons. The summed E-state index contributed by atoms with van der Waals surface area (Å²) in [4.78, 5) is 16.5. The van der Waals surface area contributed by atoms with Crippen LogP contribution in [0.3, 0.4) is 0 Å². The first kappa shape index (κ1) is 19.2. The van der Waals surface area contributed by atoms with Crippen molar-refractivity contribution in [3.8, 4) is 0 Å². The van der Waals surface area contributed by atoms with Crippen LogP contribution in [0, 0.1) is 5.41 Å². The van der Waals surface area contributed by atoms with Gasteiger partial charge in [0.2, 0.25) is 0 Å². The number of carbonyl (C=O) groups excluding carboxylic acids is 1. The molecule has 1 amide bonds. The van der Waals surface area contributed by atoms with Gasteiger partial charge >= 0.3 is 6.09 Å². The topological polar surface area (TPSA) is 58.8 Å². The number of rotatable bonds is 4. The minimum absolute atomic E-state index is 0.0743. The van der Waals surface area contributed by atoms with Crippen LogP contribution in [-0.4, -0.2) is 47.7 Å². The van der Waals surface area contributed by atoms with E-state index in [0.29, 0.717) is 6.04 Å². The molecule has 0 aliphatic carbocycles. The van der Waals surface area contributed by atoms with Crippen molar-refractivity contribution in [3.63, 3.8) is 0 Å². The van der Waals surface area contributed by atoms with Crippen molar-refractivity contribution in [1.29, 1.82) is 0 Å². The van der Waals surface area contributed by atoms with E-state index in [1.165, 1.54) is 11.1 Å². The standard InChI is InChI=1S/C21H33N3O2/c1-6-18(17-9-7-16(8-10-17)15(2)22)23-11-21(12-23)13-24(14-21)19(25)26-20(3,4)5/h7-10,15,18H,6,11-14,22H2,1-5H3/t15-,18?/m0/s1. The average molecular weight is 360 g/mol. The van der Waals surface area contributed by atoms with E-state index in [2.05, 4.69) is 36.1 Å². The maximum Gasteiger partial charge on any atom is 0.410 e. The lowest BCUT2D eigenvalue weighted by Gasteiger charge is -2.61. The van der Waals surface area contributed by atoms with Crippen LogP contribution in [0.5, 0.6) is 0 Å². The average Bonchev–Trinajstić information content (AvgIpc) is 2.46. The molecule has 1 aromatic rings. The molecule has 2 saturated heterocycles. The number of hydrogen-bond acceptors (Lipinski definition) is 4. The van der Waals surface area contributed by atoms with E-state index in [4.69, 9.17) is 10.5 Å². The van der Waals surface area contributed by atoms with Gasteiger partial charge in [0.15, 0.2) is 0 Å². The molecule has 2 N–H and O–H groups in total. The monoisotopic (exact) mass is 359 g/mol. The number of hydrogen-bond donors (Lipinski definition) is 1. The molecule has 144 valence electrons. The molecule has 3 rings (SSSR count). The summed E-state index contributed by atoms with van der Waals surface area (Å²) < 4.78 is 5.46. The van der Waals surface area contributed by atoms with Gasteiger partial charge in [-0.05, 0) is 45.2 Å². The van der Waals surface area contributed by atoms with Gasteiger partial charge in [-0.3, -0.25) is 4.90 Å². The molecular weight excluding hydrogens is 326 g/mol. The Kier molecular flexibility index (Phi) is 5.06. The van der Waals surface area contributed by atoms with Crippen LogP contribution >= 0.6 is 0 Å². The zero-order valence-corrected chi connectivity index (χ0v) is 16.8. The van der Waals surface area contributed by atoms with E-state index in [1.54, 1.807) is 0 Å². The van der Waals surface area contributed by atoms with Crippen LogP contribution < -0.4 is 5.73 Å². The fourth-order valence-electron chi connectivity index (χ4n) is 4.18. The second kappa shape index (κ2) is 6.86. The fourth-order valence-corrected chi connectivity index (χ4v) is 4.18. The van der Waals surface area contributed by atoms with Gasteiger partial charge in [-0.15, -0.1) is 0 Å². The molecule has 0 aromatic heterocycles. The van der Waals surface area contributed by atoms with E-state index in [9.17, 15) is 4.79 Å². The number of likely N-dealkylation sites (tertiary alicyclic amines) is 2. The normalized spacial score (nSPS) is 21.7. The lowest BCUT2D eigenvalue weighted by Crippen LogP contribution is -2.73. The van der Waals surface area contributed by atoms with Crippen LogP contribution in [0.1, 0.15) is 64.3 Å². The number of nitrogens with zero attached hydrogens (tertiary/aromatic N) is 2. The molecule has 2 atom stereocenters. The van der Waals surface area contributed by atoms with E-state index < -0.39 is 5.60 Å². The van der Waals surface area contributed by atoms with Gasteiger partial charge in [0.25, 0.3) is 0 Å². The van der Waals surface area contributed by atoms with Crippen molar-refractivity contribution in [2.24, 2.45) is 11.1 Å². The van der Waals surface area contributed by atoms with Crippen molar-refractivity contribution >= 4 is 6.09 Å². The first-order chi connectivity index (χ1) is 12.1. The Hall–Kier alpha value is -1.59. The molecule has 5 heteroatoms. The first-order valence-corrected chi connectivity index (χ1v) is 9.70. The molecule has 0 saturated carbocycles. The molecule has 1 unspecified atom stereocenters. The Labute approximate surface area is 157 Å². The fraction of sp³-hybridized carbons (Fsp3) is 0.667. The summed E-state index contributed by atoms with van der Waals surface area (Å²) in [6.07, 6.45) is 0.906. The predicted octanol–water partition coefficient (Wildman–Crippen LogP) is 3.71. The summed E-state index contributed by atoms with van der Waals surface area (Å²) in [6.45, 7) is 13.7. The SMILES string of the molecule is CCC(c1ccc([C@H](C)N)cc1)N1CC2(CN(C(=O)OC(C)(C)C)C2)C1. The summed E-state index contributed by atoms with van der Waals surface area (Å²) in [5.74, 6) is 0. The molecule has 2 aliphatic rings. The van der Waals surface area contributed by atoms with Crippen molar-refractivity contribution in [2.45, 2.75) is 58.7 Å². The summed E-state index contributed by atoms with van der Waals surface area (Å²) in [5, 5.41) is 0. The molecule has 2 aliphatic heterocycles. The van der Waals surface area contributed by atoms with Gasteiger partial charge in [0.1, 0.15) is 5.60 Å². The van der Waals surface area contributed by atoms with E-state index in [0.717, 1.165) is 32.6 Å². The van der Waals surface area contributed by atoms with Gasteiger partial charge in [-0.2, -0.15) is 0 Å². The Morgan fingerprint density at radius 1 is 1.15 bits per heavy atom. The molecule has 0 bridgehead atoms. The Morgan fingerprint density at radius 2 is 1.69 bits per heavy atom. The van der Waals surface area contributed by atoms with Gasteiger partial charge in [0.05, 0.1) is 0 Å². The number of ether oxygens (including phenoxy) is 1. The Balaban J connectivity index is 1.53. The van der Waals surface area contributed by atoms with Crippen LogP contribution in [0.4, 0.5) is 4.79 Å². The number of nitrogens with two attached hydrogens (primary N) is 1. The van der Waals surface area contributed by atoms with Crippen molar-refractivity contribution in [3.05, 3.63) is 35.4 Å². The highest BCUT2D eigenvalue weighted by Gasteiger charge is 2.55. The first-order valence-electron chi connectivity index (χ1n) is 9.70. The summed E-state index contributed by atoms with van der Waals surface area (Å²) >= 11 is 0. The van der Waals surface area contributed by atoms with E-state index in [1.807, 2.05) is 32.6 Å². The van der Waals surface area contributed by atoms with Crippen molar-refractivity contribution < 1.29 is 9.53 Å². The van der Waals surface area contributed by atoms with Crippen molar-refractivity contribution in [2.75, 3.05) is 26.2 Å². The molecular formula is C21H33N3O2. The highest BCUT2D eigenvalue weighted by Crippen LogP contribution is 2.44. The third-order valence-electron chi connectivity index (χ3n) is 5.46. The maximum absolute atomic E-state index is 12.1. The highest BCUT2D eigenvalue weighted by atomic mass is 16.6. The van der Waals surface area contributed by atoms with Gasteiger partial charge in [0, 0.05) is 43.7 Å².